The molecule has 1 heterocycles. The van der Waals surface area contributed by atoms with Crippen LogP contribution in [0.3, 0.4) is 0 Å². The van der Waals surface area contributed by atoms with Gasteiger partial charge in [0.15, 0.2) is 0 Å². The van der Waals surface area contributed by atoms with Crippen molar-refractivity contribution in [2.75, 3.05) is 18.9 Å². The van der Waals surface area contributed by atoms with Crippen LogP contribution in [0.5, 0.6) is 0 Å². The average molecular weight is 528 g/mol. The van der Waals surface area contributed by atoms with E-state index in [1.165, 1.54) is 17.2 Å². The summed E-state index contributed by atoms with van der Waals surface area (Å²) in [5.74, 6) is -0.550. The molecule has 39 heavy (non-hydrogen) atoms. The third-order valence-corrected chi connectivity index (χ3v) is 8.06. The zero-order valence-electron chi connectivity index (χ0n) is 23.0. The molecule has 0 aromatic heterocycles. The molecular formula is C31H34BFN2O4. The number of nitrogen functional groups attached to an aromatic ring is 1. The summed E-state index contributed by atoms with van der Waals surface area (Å²) in [7, 11) is -0.732. The molecule has 0 unspecified atom stereocenters. The van der Waals surface area contributed by atoms with Crippen molar-refractivity contribution in [2.24, 2.45) is 0 Å². The van der Waals surface area contributed by atoms with Crippen molar-refractivity contribution in [1.82, 2.24) is 5.32 Å². The van der Waals surface area contributed by atoms with Crippen LogP contribution in [0.2, 0.25) is 0 Å². The van der Waals surface area contributed by atoms with E-state index in [1.807, 2.05) is 58.9 Å². The number of hydrogen-bond acceptors (Lipinski definition) is 5. The molecule has 5 rings (SSSR count). The van der Waals surface area contributed by atoms with Crippen molar-refractivity contribution in [3.63, 3.8) is 0 Å². The number of halogens is 1. The molecule has 0 radical (unpaired) electrons. The van der Waals surface area contributed by atoms with E-state index in [-0.39, 0.29) is 24.8 Å². The Bertz CT molecular complexity index is 1390. The number of amides is 1. The van der Waals surface area contributed by atoms with E-state index in [1.54, 1.807) is 12.1 Å². The molecule has 2 aliphatic rings. The van der Waals surface area contributed by atoms with Crippen LogP contribution in [-0.2, 0) is 14.0 Å². The van der Waals surface area contributed by atoms with Crippen LogP contribution in [0.4, 0.5) is 14.9 Å². The quantitative estimate of drug-likeness (QED) is 0.291. The van der Waals surface area contributed by atoms with Gasteiger partial charge in [-0.3, -0.25) is 0 Å². The van der Waals surface area contributed by atoms with Gasteiger partial charge in [-0.05, 0) is 85.6 Å². The molecule has 1 amide bonds. The summed E-state index contributed by atoms with van der Waals surface area (Å²) in [5, 5.41) is 2.84. The van der Waals surface area contributed by atoms with Gasteiger partial charge in [-0.2, -0.15) is 0 Å². The van der Waals surface area contributed by atoms with Gasteiger partial charge in [0.2, 0.25) is 0 Å². The number of alkyl carbamates (subject to hydrolysis) is 1. The van der Waals surface area contributed by atoms with Crippen LogP contribution < -0.4 is 11.1 Å². The largest absolute Gasteiger partial charge is 0.492 e. The molecule has 6 nitrogen and oxygen atoms in total. The van der Waals surface area contributed by atoms with Gasteiger partial charge in [0.05, 0.1) is 16.9 Å². The van der Waals surface area contributed by atoms with Crippen molar-refractivity contribution in [2.45, 2.75) is 51.7 Å². The maximum atomic E-state index is 14.3. The molecule has 202 valence electrons. The van der Waals surface area contributed by atoms with Crippen molar-refractivity contribution in [3.05, 3.63) is 94.2 Å². The highest BCUT2D eigenvalue weighted by Crippen LogP contribution is 2.44. The number of hydrogen-bond donors (Lipinski definition) is 2. The molecule has 1 aliphatic heterocycles. The summed E-state index contributed by atoms with van der Waals surface area (Å²) in [6.45, 7) is 9.98. The SMILES string of the molecule is Cc1cc(N)c(F)cc1C=C(CNC(=O)OCC1c2ccccc2-c2ccccc21)B1OC(C)(C)C(C)(C)O1. The third kappa shape index (κ3) is 5.19. The van der Waals surface area contributed by atoms with Gasteiger partial charge in [0, 0.05) is 12.5 Å². The summed E-state index contributed by atoms with van der Waals surface area (Å²) in [5.41, 5.74) is 11.3. The predicted octanol–water partition coefficient (Wildman–Crippen LogP) is 6.27. The Hall–Kier alpha value is -3.62. The Labute approximate surface area is 229 Å². The molecule has 0 atom stereocenters. The zero-order chi connectivity index (χ0) is 27.9. The van der Waals surface area contributed by atoms with Gasteiger partial charge in [-0.1, -0.05) is 54.6 Å². The van der Waals surface area contributed by atoms with E-state index in [4.69, 9.17) is 19.8 Å². The Balaban J connectivity index is 1.33. The maximum absolute atomic E-state index is 14.3. The second kappa shape index (κ2) is 10.2. The molecule has 1 fully saturated rings. The molecule has 1 saturated heterocycles. The molecule has 0 spiro atoms. The van der Waals surface area contributed by atoms with Crippen molar-refractivity contribution in [1.29, 1.82) is 0 Å². The maximum Gasteiger partial charge on any atom is 0.492 e. The first-order chi connectivity index (χ1) is 18.5. The first-order valence-corrected chi connectivity index (χ1v) is 13.2. The summed E-state index contributed by atoms with van der Waals surface area (Å²) in [6.07, 6.45) is 1.23. The number of ether oxygens (including phenoxy) is 1. The van der Waals surface area contributed by atoms with Crippen molar-refractivity contribution < 1.29 is 23.2 Å². The molecule has 1 aliphatic carbocycles. The van der Waals surface area contributed by atoms with Crippen molar-refractivity contribution >= 4 is 25.0 Å². The minimum atomic E-state index is -0.732. The highest BCUT2D eigenvalue weighted by Gasteiger charge is 2.52. The molecule has 0 bridgehead atoms. The number of rotatable bonds is 6. The number of benzene rings is 3. The number of carbonyl (C=O) groups is 1. The van der Waals surface area contributed by atoms with Crippen LogP contribution in [0.25, 0.3) is 17.2 Å². The summed E-state index contributed by atoms with van der Waals surface area (Å²) < 4.78 is 32.5. The predicted molar refractivity (Wildman–Crippen MR) is 153 cm³/mol. The lowest BCUT2D eigenvalue weighted by atomic mass is 9.76. The van der Waals surface area contributed by atoms with Crippen LogP contribution in [-0.4, -0.2) is 37.6 Å². The van der Waals surface area contributed by atoms with Crippen LogP contribution in [0.1, 0.15) is 55.9 Å². The fraction of sp³-hybridized carbons (Fsp3) is 0.323. The minimum absolute atomic E-state index is 0.0401. The number of fused-ring (bicyclic) bond motifs is 3. The summed E-state index contributed by atoms with van der Waals surface area (Å²) >= 11 is 0. The first-order valence-electron chi connectivity index (χ1n) is 13.2. The van der Waals surface area contributed by atoms with E-state index < -0.39 is 30.2 Å². The fourth-order valence-electron chi connectivity index (χ4n) is 5.09. The molecule has 3 N–H and O–H groups in total. The van der Waals surface area contributed by atoms with E-state index in [9.17, 15) is 9.18 Å². The average Bonchev–Trinajstić information content (AvgIpc) is 3.32. The third-order valence-electron chi connectivity index (χ3n) is 8.06. The standard InChI is InChI=1S/C31H34BFN2O4/c1-19-14-28(34)27(33)16-20(19)15-21(32-38-30(2,3)31(4,5)39-32)17-35-29(36)37-18-26-24-12-8-6-10-22(24)23-11-7-9-13-25(23)26/h6-16,26H,17-18,34H2,1-5H3,(H,35,36). The lowest BCUT2D eigenvalue weighted by Crippen LogP contribution is -2.41. The van der Waals surface area contributed by atoms with Gasteiger partial charge >= 0.3 is 13.2 Å². The number of anilines is 1. The zero-order valence-corrected chi connectivity index (χ0v) is 23.0. The van der Waals surface area contributed by atoms with Crippen molar-refractivity contribution in [3.8, 4) is 11.1 Å². The number of nitrogens with one attached hydrogen (secondary N) is 1. The monoisotopic (exact) mass is 528 g/mol. The molecule has 0 saturated carbocycles. The second-order valence-electron chi connectivity index (χ2n) is 11.2. The normalized spacial score (nSPS) is 17.6. The van der Waals surface area contributed by atoms with Crippen LogP contribution in [0.15, 0.2) is 66.1 Å². The van der Waals surface area contributed by atoms with E-state index in [0.717, 1.165) is 16.7 Å². The Morgan fingerprint density at radius 2 is 1.59 bits per heavy atom. The van der Waals surface area contributed by atoms with Crippen LogP contribution in [0, 0.1) is 12.7 Å². The fourth-order valence-corrected chi connectivity index (χ4v) is 5.09. The molecular weight excluding hydrogens is 494 g/mol. The van der Waals surface area contributed by atoms with Gasteiger partial charge in [0.1, 0.15) is 12.4 Å². The molecule has 3 aromatic carbocycles. The van der Waals surface area contributed by atoms with E-state index in [2.05, 4.69) is 29.6 Å². The highest BCUT2D eigenvalue weighted by atomic mass is 19.1. The lowest BCUT2D eigenvalue weighted by Gasteiger charge is -2.32. The summed E-state index contributed by atoms with van der Waals surface area (Å²) in [6, 6.07) is 19.3. The number of nitrogens with two attached hydrogens (primary N) is 1. The Morgan fingerprint density at radius 1 is 1.03 bits per heavy atom. The van der Waals surface area contributed by atoms with E-state index in [0.29, 0.717) is 11.0 Å². The summed E-state index contributed by atoms with van der Waals surface area (Å²) in [4.78, 5) is 12.9. The highest BCUT2D eigenvalue weighted by molar-refractivity contribution is 6.56. The lowest BCUT2D eigenvalue weighted by molar-refractivity contribution is 0.00578. The first kappa shape index (κ1) is 27.0. The van der Waals surface area contributed by atoms with Crippen LogP contribution >= 0.6 is 0 Å². The van der Waals surface area contributed by atoms with Gasteiger partial charge in [-0.15, -0.1) is 0 Å². The van der Waals surface area contributed by atoms with Gasteiger partial charge in [-0.25, -0.2) is 9.18 Å². The number of aryl methyl sites for hydroxylation is 1. The smallest absolute Gasteiger partial charge is 0.449 e. The van der Waals surface area contributed by atoms with E-state index >= 15 is 0 Å². The van der Waals surface area contributed by atoms with Gasteiger partial charge < -0.3 is 25.1 Å². The van der Waals surface area contributed by atoms with Gasteiger partial charge in [0.25, 0.3) is 0 Å². The second-order valence-corrected chi connectivity index (χ2v) is 11.2. The molecule has 8 heteroatoms. The Kier molecular flexibility index (Phi) is 7.03. The topological polar surface area (TPSA) is 82.8 Å². The Morgan fingerprint density at radius 3 is 2.18 bits per heavy atom. The minimum Gasteiger partial charge on any atom is -0.449 e. The molecule has 3 aromatic rings. The number of carbonyl (C=O) groups excluding carboxylic acids is 1.